The van der Waals surface area contributed by atoms with E-state index >= 15 is 0 Å². The van der Waals surface area contributed by atoms with Gasteiger partial charge in [0.1, 0.15) is 5.52 Å². The van der Waals surface area contributed by atoms with E-state index in [1.54, 1.807) is 23.5 Å². The molecule has 0 atom stereocenters. The van der Waals surface area contributed by atoms with Crippen LogP contribution < -0.4 is 11.1 Å². The summed E-state index contributed by atoms with van der Waals surface area (Å²) in [5.41, 5.74) is 11.1. The summed E-state index contributed by atoms with van der Waals surface area (Å²) in [6.45, 7) is 7.81. The van der Waals surface area contributed by atoms with Crippen LogP contribution in [0.5, 0.6) is 0 Å². The highest BCUT2D eigenvalue weighted by Crippen LogP contribution is 2.30. The molecule has 36 heavy (non-hydrogen) atoms. The Morgan fingerprint density at radius 1 is 1.22 bits per heavy atom. The molecule has 0 bridgehead atoms. The molecule has 0 aromatic carbocycles. The maximum atomic E-state index is 12.2. The quantitative estimate of drug-likeness (QED) is 0.358. The summed E-state index contributed by atoms with van der Waals surface area (Å²) in [7, 11) is 3.51. The van der Waals surface area contributed by atoms with E-state index < -0.39 is 12.3 Å². The van der Waals surface area contributed by atoms with Crippen LogP contribution in [-0.4, -0.2) is 69.7 Å². The van der Waals surface area contributed by atoms with Crippen LogP contribution in [-0.2, 0) is 0 Å². The number of nitrogens with one attached hydrogen (secondary N) is 1. The predicted octanol–water partition coefficient (Wildman–Crippen LogP) is 5.45. The number of nitrogens with zero attached hydrogens (tertiary/aromatic N) is 6. The van der Waals surface area contributed by atoms with Crippen LogP contribution in [0.2, 0.25) is 0 Å². The first-order chi connectivity index (χ1) is 16.9. The van der Waals surface area contributed by atoms with Gasteiger partial charge >= 0.3 is 0 Å². The van der Waals surface area contributed by atoms with Gasteiger partial charge in [-0.2, -0.15) is 4.98 Å². The van der Waals surface area contributed by atoms with E-state index in [0.29, 0.717) is 12.4 Å². The number of alkyl halides is 4. The third kappa shape index (κ3) is 8.14. The fourth-order valence-corrected chi connectivity index (χ4v) is 3.39. The number of nitrogens with two attached hydrogens (primary N) is 1. The highest BCUT2D eigenvalue weighted by Gasteiger charge is 2.36. The van der Waals surface area contributed by atoms with Crippen LogP contribution in [0.3, 0.4) is 0 Å². The van der Waals surface area contributed by atoms with Crippen molar-refractivity contribution in [2.75, 3.05) is 38.2 Å². The van der Waals surface area contributed by atoms with Crippen LogP contribution in [0.25, 0.3) is 16.8 Å². The lowest BCUT2D eigenvalue weighted by Gasteiger charge is -2.08. The molecule has 8 nitrogen and oxygen atoms in total. The molecule has 3 aromatic rings. The Balaban J connectivity index is 0.000000288. The van der Waals surface area contributed by atoms with E-state index in [1.165, 1.54) is 6.92 Å². The monoisotopic (exact) mass is 510 g/mol. The summed E-state index contributed by atoms with van der Waals surface area (Å²) in [5, 5.41) is 7.26. The minimum atomic E-state index is -2.41. The van der Waals surface area contributed by atoms with E-state index in [2.05, 4.69) is 25.4 Å². The number of anilines is 2. The lowest BCUT2D eigenvalue weighted by atomic mass is 10.1. The second kappa shape index (κ2) is 12.6. The molecule has 1 fully saturated rings. The van der Waals surface area contributed by atoms with Gasteiger partial charge < -0.3 is 16.0 Å². The number of hydrogen-bond acceptors (Lipinski definition) is 7. The molecule has 3 N–H and O–H groups in total. The van der Waals surface area contributed by atoms with Gasteiger partial charge in [-0.1, -0.05) is 6.92 Å². The number of aliphatic imine (C=N–C) groups is 1. The van der Waals surface area contributed by atoms with Gasteiger partial charge in [0.15, 0.2) is 5.82 Å². The molecule has 198 valence electrons. The van der Waals surface area contributed by atoms with Crippen molar-refractivity contribution in [2.24, 2.45) is 4.99 Å². The number of fused-ring (bicyclic) bond motifs is 1. The Labute approximate surface area is 208 Å². The minimum Gasteiger partial charge on any atom is -0.371 e. The van der Waals surface area contributed by atoms with Crippen LogP contribution >= 0.6 is 0 Å². The first kappa shape index (κ1) is 29.0. The zero-order chi connectivity index (χ0) is 27.0. The number of likely N-dealkylation sites (tertiary alicyclic amines) is 1. The van der Waals surface area contributed by atoms with Crippen molar-refractivity contribution < 1.29 is 17.6 Å². The van der Waals surface area contributed by atoms with Gasteiger partial charge in [-0.05, 0) is 46.0 Å². The van der Waals surface area contributed by atoms with Crippen molar-refractivity contribution in [3.8, 4) is 11.3 Å². The number of aromatic nitrogens is 4. The normalized spacial score (nSPS) is 14.6. The van der Waals surface area contributed by atoms with Crippen LogP contribution in [0.1, 0.15) is 39.3 Å². The van der Waals surface area contributed by atoms with Gasteiger partial charge in [0.2, 0.25) is 12.4 Å². The summed E-state index contributed by atoms with van der Waals surface area (Å²) in [5.74, 6) is -1.52. The summed E-state index contributed by atoms with van der Waals surface area (Å²) in [6.07, 6.45) is -0.262. The standard InChI is InChI=1S/C16H19N7.C5H9F2N.C3H6F2/c1-9(2)19-12-5-6-13(20-10(12)3)11-7-8-23-14(11)15(18-4)21-16(17)22-23;1-8-3-2-5(6,7)4-8;1-2-3(4)5/h5-8H,1-4H3,(H3,17,18,21,22);2-4H2,1H3;3H,2H2,1H3. The minimum absolute atomic E-state index is 0.0278. The summed E-state index contributed by atoms with van der Waals surface area (Å²) < 4.78 is 47.5. The number of halogens is 4. The molecule has 0 amide bonds. The second-order valence-corrected chi connectivity index (χ2v) is 8.59. The Morgan fingerprint density at radius 3 is 2.33 bits per heavy atom. The summed E-state index contributed by atoms with van der Waals surface area (Å²) in [6, 6.07) is 5.89. The average molecular weight is 511 g/mol. The number of rotatable bonds is 4. The van der Waals surface area contributed by atoms with Crippen molar-refractivity contribution in [2.45, 2.75) is 52.9 Å². The van der Waals surface area contributed by atoms with E-state index in [4.69, 9.17) is 5.73 Å². The highest BCUT2D eigenvalue weighted by atomic mass is 19.3. The van der Waals surface area contributed by atoms with Gasteiger partial charge in [-0.3, -0.25) is 9.98 Å². The fourth-order valence-electron chi connectivity index (χ4n) is 3.39. The molecule has 1 saturated heterocycles. The molecule has 1 aliphatic heterocycles. The molecule has 4 rings (SSSR count). The molecular formula is C24H34F4N8. The number of hydrogen-bond donors (Lipinski definition) is 2. The number of nitrogen functional groups attached to an aromatic ring is 1. The Kier molecular flexibility index (Phi) is 10.1. The average Bonchev–Trinajstić information content (AvgIpc) is 3.36. The number of aryl methyl sites for hydroxylation is 1. The van der Waals surface area contributed by atoms with Crippen molar-refractivity contribution in [1.29, 1.82) is 0 Å². The summed E-state index contributed by atoms with van der Waals surface area (Å²) >= 11 is 0. The third-order valence-electron chi connectivity index (χ3n) is 5.11. The SMILES string of the molecule is CCC(F)F.CN1CCC(F)(F)C1.CNc1nc(N)nn2ccc(-c3ccc(N=C(C)C)c(C)n3)c12. The number of pyridine rings is 1. The van der Waals surface area contributed by atoms with Crippen LogP contribution in [0.4, 0.5) is 35.0 Å². The zero-order valence-corrected chi connectivity index (χ0v) is 21.5. The third-order valence-corrected chi connectivity index (χ3v) is 5.11. The van der Waals surface area contributed by atoms with Crippen molar-refractivity contribution in [1.82, 2.24) is 24.5 Å². The fraction of sp³-hybridized carbons (Fsp3) is 0.500. The first-order valence-corrected chi connectivity index (χ1v) is 11.5. The lowest BCUT2D eigenvalue weighted by Crippen LogP contribution is -2.21. The van der Waals surface area contributed by atoms with E-state index in [-0.39, 0.29) is 25.3 Å². The van der Waals surface area contributed by atoms with Gasteiger partial charge in [0.25, 0.3) is 5.92 Å². The maximum Gasteiger partial charge on any atom is 0.261 e. The van der Waals surface area contributed by atoms with Gasteiger partial charge in [-0.25, -0.2) is 22.1 Å². The molecule has 1 aliphatic rings. The molecule has 0 radical (unpaired) electrons. The smallest absolute Gasteiger partial charge is 0.261 e. The molecule has 12 heteroatoms. The maximum absolute atomic E-state index is 12.2. The Morgan fingerprint density at radius 2 is 1.89 bits per heavy atom. The molecule has 0 aliphatic carbocycles. The molecule has 3 aromatic heterocycles. The predicted molar refractivity (Wildman–Crippen MR) is 137 cm³/mol. The Bertz CT molecular complexity index is 1170. The van der Waals surface area contributed by atoms with Gasteiger partial charge in [0, 0.05) is 43.9 Å². The van der Waals surface area contributed by atoms with Gasteiger partial charge in [0.05, 0.1) is 23.6 Å². The molecule has 0 saturated carbocycles. The molecular weight excluding hydrogens is 476 g/mol. The van der Waals surface area contributed by atoms with E-state index in [1.807, 2.05) is 45.2 Å². The lowest BCUT2D eigenvalue weighted by molar-refractivity contribution is 0.0146. The highest BCUT2D eigenvalue weighted by molar-refractivity contribution is 5.88. The van der Waals surface area contributed by atoms with Crippen molar-refractivity contribution in [3.05, 3.63) is 30.1 Å². The van der Waals surface area contributed by atoms with Crippen molar-refractivity contribution >= 4 is 28.7 Å². The zero-order valence-electron chi connectivity index (χ0n) is 21.5. The van der Waals surface area contributed by atoms with Crippen LogP contribution in [0.15, 0.2) is 29.4 Å². The summed E-state index contributed by atoms with van der Waals surface area (Å²) in [4.78, 5) is 15.0. The molecule has 0 spiro atoms. The first-order valence-electron chi connectivity index (χ1n) is 11.5. The largest absolute Gasteiger partial charge is 0.371 e. The second-order valence-electron chi connectivity index (χ2n) is 8.59. The van der Waals surface area contributed by atoms with Crippen LogP contribution in [0, 0.1) is 6.92 Å². The molecule has 0 unspecified atom stereocenters. The van der Waals surface area contributed by atoms with Crippen molar-refractivity contribution in [3.63, 3.8) is 0 Å². The van der Waals surface area contributed by atoms with E-state index in [9.17, 15) is 17.6 Å². The topological polar surface area (TPSA) is 96.7 Å². The van der Waals surface area contributed by atoms with Gasteiger partial charge in [-0.15, -0.1) is 5.10 Å². The Hall–Kier alpha value is -3.28. The van der Waals surface area contributed by atoms with E-state index in [0.717, 1.165) is 33.9 Å². The molecule has 4 heterocycles.